The van der Waals surface area contributed by atoms with Gasteiger partial charge in [0, 0.05) is 11.3 Å². The first-order valence-electron chi connectivity index (χ1n) is 9.34. The van der Waals surface area contributed by atoms with Crippen LogP contribution in [0.25, 0.3) is 0 Å². The Kier molecular flexibility index (Phi) is 5.08. The van der Waals surface area contributed by atoms with Crippen LogP contribution in [0, 0.1) is 0 Å². The van der Waals surface area contributed by atoms with E-state index in [1.807, 2.05) is 0 Å². The number of amides is 2. The molecular weight excluding hydrogens is 416 g/mol. The lowest BCUT2D eigenvalue weighted by Gasteiger charge is -2.27. The molecule has 31 heavy (non-hydrogen) atoms. The van der Waals surface area contributed by atoms with Crippen LogP contribution in [0.4, 0.5) is 5.69 Å². The molecule has 4 rings (SSSR count). The van der Waals surface area contributed by atoms with Crippen LogP contribution in [0.3, 0.4) is 0 Å². The van der Waals surface area contributed by atoms with Gasteiger partial charge in [-0.3, -0.25) is 14.5 Å². The third-order valence-corrected chi connectivity index (χ3v) is 6.94. The number of hydrogen-bond acceptors (Lipinski definition) is 5. The first-order chi connectivity index (χ1) is 14.8. The molecule has 0 spiro atoms. The highest BCUT2D eigenvalue weighted by Gasteiger charge is 2.47. The Bertz CT molecular complexity index is 1280. The number of primary amides is 1. The van der Waals surface area contributed by atoms with Gasteiger partial charge in [-0.2, -0.15) is 0 Å². The van der Waals surface area contributed by atoms with Crippen LogP contribution in [-0.2, 0) is 14.6 Å². The highest BCUT2D eigenvalue weighted by molar-refractivity contribution is 7.95. The van der Waals surface area contributed by atoms with Crippen molar-refractivity contribution in [2.75, 3.05) is 4.90 Å². The Morgan fingerprint density at radius 1 is 0.871 bits per heavy atom. The van der Waals surface area contributed by atoms with Crippen LogP contribution in [0.2, 0.25) is 0 Å². The number of aliphatic hydroxyl groups excluding tert-OH is 1. The molecule has 156 valence electrons. The van der Waals surface area contributed by atoms with Gasteiger partial charge in [-0.25, -0.2) is 8.42 Å². The third-order valence-electron chi connectivity index (χ3n) is 5.05. The van der Waals surface area contributed by atoms with Crippen LogP contribution in [0.5, 0.6) is 0 Å². The standard InChI is InChI=1S/C23H18N2O5S/c24-22(27)16-11-13-17(14-12-16)25-19(15-7-3-1-4-8-15)21(20(26)23(25)28)31(29,30)18-9-5-2-6-10-18/h1-14,19,26H,(H2,24,27)/t19-/m1/s1. The van der Waals surface area contributed by atoms with Gasteiger partial charge in [0.05, 0.1) is 4.90 Å². The summed E-state index contributed by atoms with van der Waals surface area (Å²) in [6.07, 6.45) is 0. The van der Waals surface area contributed by atoms with Crippen LogP contribution in [-0.4, -0.2) is 25.3 Å². The van der Waals surface area contributed by atoms with Crippen molar-refractivity contribution in [3.8, 4) is 0 Å². The predicted molar refractivity (Wildman–Crippen MR) is 115 cm³/mol. The minimum absolute atomic E-state index is 0.0313. The highest BCUT2D eigenvalue weighted by atomic mass is 32.2. The smallest absolute Gasteiger partial charge is 0.295 e. The van der Waals surface area contributed by atoms with Gasteiger partial charge in [-0.15, -0.1) is 0 Å². The van der Waals surface area contributed by atoms with E-state index in [1.54, 1.807) is 48.5 Å². The van der Waals surface area contributed by atoms with Gasteiger partial charge in [-0.05, 0) is 42.0 Å². The lowest BCUT2D eigenvalue weighted by atomic mass is 10.1. The average Bonchev–Trinajstić information content (AvgIpc) is 3.06. The first kappa shape index (κ1) is 20.4. The van der Waals surface area contributed by atoms with Crippen molar-refractivity contribution in [2.24, 2.45) is 5.73 Å². The third kappa shape index (κ3) is 3.47. The van der Waals surface area contributed by atoms with E-state index >= 15 is 0 Å². The molecule has 3 aromatic carbocycles. The second kappa shape index (κ2) is 7.73. The number of carbonyl (C=O) groups is 2. The molecule has 0 saturated heterocycles. The number of nitrogens with two attached hydrogens (primary N) is 1. The van der Waals surface area contributed by atoms with E-state index < -0.39 is 38.4 Å². The normalized spacial score (nSPS) is 16.6. The fourth-order valence-corrected chi connectivity index (χ4v) is 5.22. The lowest BCUT2D eigenvalue weighted by Crippen LogP contribution is -2.31. The Morgan fingerprint density at radius 2 is 1.42 bits per heavy atom. The van der Waals surface area contributed by atoms with E-state index in [0.717, 1.165) is 0 Å². The van der Waals surface area contributed by atoms with E-state index in [4.69, 9.17) is 5.73 Å². The summed E-state index contributed by atoms with van der Waals surface area (Å²) in [7, 11) is -4.19. The van der Waals surface area contributed by atoms with Gasteiger partial charge in [-0.1, -0.05) is 48.5 Å². The van der Waals surface area contributed by atoms with Crippen LogP contribution in [0.15, 0.2) is 100 Å². The summed E-state index contributed by atoms with van der Waals surface area (Å²) < 4.78 is 26.9. The second-order valence-electron chi connectivity index (χ2n) is 6.93. The molecule has 0 radical (unpaired) electrons. The van der Waals surface area contributed by atoms with Crippen molar-refractivity contribution in [2.45, 2.75) is 10.9 Å². The summed E-state index contributed by atoms with van der Waals surface area (Å²) >= 11 is 0. The Morgan fingerprint density at radius 3 is 1.97 bits per heavy atom. The maximum atomic E-state index is 13.4. The van der Waals surface area contributed by atoms with E-state index in [-0.39, 0.29) is 10.5 Å². The van der Waals surface area contributed by atoms with Crippen molar-refractivity contribution in [1.29, 1.82) is 0 Å². The largest absolute Gasteiger partial charge is 0.502 e. The maximum Gasteiger partial charge on any atom is 0.295 e. The molecule has 0 saturated carbocycles. The van der Waals surface area contributed by atoms with E-state index in [1.165, 1.54) is 41.3 Å². The quantitative estimate of drug-likeness (QED) is 0.640. The van der Waals surface area contributed by atoms with Crippen LogP contribution >= 0.6 is 0 Å². The molecule has 0 aromatic heterocycles. The zero-order valence-corrected chi connectivity index (χ0v) is 17.0. The van der Waals surface area contributed by atoms with Gasteiger partial charge in [0.15, 0.2) is 5.76 Å². The number of rotatable bonds is 5. The fourth-order valence-electron chi connectivity index (χ4n) is 3.57. The van der Waals surface area contributed by atoms with E-state index in [0.29, 0.717) is 11.3 Å². The predicted octanol–water partition coefficient (Wildman–Crippen LogP) is 3.12. The van der Waals surface area contributed by atoms with Crippen molar-refractivity contribution in [1.82, 2.24) is 0 Å². The number of aliphatic hydroxyl groups is 1. The number of sulfone groups is 1. The number of nitrogens with zero attached hydrogens (tertiary/aromatic N) is 1. The van der Waals surface area contributed by atoms with E-state index in [9.17, 15) is 23.1 Å². The fraction of sp³-hybridized carbons (Fsp3) is 0.0435. The first-order valence-corrected chi connectivity index (χ1v) is 10.8. The second-order valence-corrected chi connectivity index (χ2v) is 8.85. The Balaban J connectivity index is 1.90. The number of benzene rings is 3. The molecule has 0 bridgehead atoms. The number of hydrogen-bond donors (Lipinski definition) is 2. The van der Waals surface area contributed by atoms with Crippen molar-refractivity contribution >= 4 is 27.3 Å². The summed E-state index contributed by atoms with van der Waals surface area (Å²) in [5.74, 6) is -2.32. The SMILES string of the molecule is NC(=O)c1ccc(N2C(=O)C(O)=C(S(=O)(=O)c3ccccc3)[C@H]2c2ccccc2)cc1. The zero-order valence-electron chi connectivity index (χ0n) is 16.2. The molecule has 1 aliphatic heterocycles. The molecule has 1 heterocycles. The molecule has 0 fully saturated rings. The summed E-state index contributed by atoms with van der Waals surface area (Å²) in [6.45, 7) is 0. The Labute approximate surface area is 179 Å². The Hall–Kier alpha value is -3.91. The van der Waals surface area contributed by atoms with Gasteiger partial charge >= 0.3 is 0 Å². The molecule has 0 aliphatic carbocycles. The minimum Gasteiger partial charge on any atom is -0.502 e. The minimum atomic E-state index is -4.19. The highest BCUT2D eigenvalue weighted by Crippen LogP contribution is 2.44. The van der Waals surface area contributed by atoms with Crippen molar-refractivity contribution in [3.63, 3.8) is 0 Å². The molecule has 1 atom stereocenters. The van der Waals surface area contributed by atoms with Gasteiger partial charge in [0.1, 0.15) is 10.9 Å². The summed E-state index contributed by atoms with van der Waals surface area (Å²) in [5, 5.41) is 10.7. The maximum absolute atomic E-state index is 13.4. The van der Waals surface area contributed by atoms with E-state index in [2.05, 4.69) is 0 Å². The molecule has 3 N–H and O–H groups in total. The molecule has 2 amide bonds. The molecule has 1 aliphatic rings. The topological polar surface area (TPSA) is 118 Å². The van der Waals surface area contributed by atoms with Gasteiger partial charge in [0.25, 0.3) is 5.91 Å². The lowest BCUT2D eigenvalue weighted by molar-refractivity contribution is -0.117. The zero-order chi connectivity index (χ0) is 22.2. The van der Waals surface area contributed by atoms with Crippen molar-refractivity contribution < 1.29 is 23.1 Å². The molecule has 0 unspecified atom stereocenters. The summed E-state index contributed by atoms with van der Waals surface area (Å²) in [6, 6.07) is 21.0. The molecule has 8 heteroatoms. The van der Waals surface area contributed by atoms with Crippen LogP contribution < -0.4 is 10.6 Å². The van der Waals surface area contributed by atoms with Gasteiger partial charge < -0.3 is 10.8 Å². The number of carbonyl (C=O) groups excluding carboxylic acids is 2. The van der Waals surface area contributed by atoms with Crippen LogP contribution in [0.1, 0.15) is 22.0 Å². The number of anilines is 1. The van der Waals surface area contributed by atoms with Gasteiger partial charge in [0.2, 0.25) is 15.7 Å². The van der Waals surface area contributed by atoms with Crippen molar-refractivity contribution in [3.05, 3.63) is 107 Å². The summed E-state index contributed by atoms with van der Waals surface area (Å²) in [5.41, 5.74) is 6.34. The molecule has 3 aromatic rings. The monoisotopic (exact) mass is 434 g/mol. The molecular formula is C23H18N2O5S. The summed E-state index contributed by atoms with van der Waals surface area (Å²) in [4.78, 5) is 25.2. The molecule has 7 nitrogen and oxygen atoms in total. The average molecular weight is 434 g/mol.